The number of hydrogen-bond acceptors (Lipinski definition) is 3. The van der Waals surface area contributed by atoms with Crippen LogP contribution in [0.5, 0.6) is 0 Å². The quantitative estimate of drug-likeness (QED) is 0.0475. The predicted molar refractivity (Wildman–Crippen MR) is 198 cm³/mol. The highest BCUT2D eigenvalue weighted by atomic mass is 16.3. The number of carbonyl (C=O) groups excluding carboxylic acids is 1. The van der Waals surface area contributed by atoms with Gasteiger partial charge < -0.3 is 15.5 Å². The van der Waals surface area contributed by atoms with E-state index in [0.29, 0.717) is 6.42 Å². The molecule has 0 aromatic heterocycles. The zero-order valence-corrected chi connectivity index (χ0v) is 30.4. The van der Waals surface area contributed by atoms with Gasteiger partial charge >= 0.3 is 0 Å². The standard InChI is InChI=1S/C41H79NO3/c1-3-5-7-9-11-13-15-16-17-18-19-20-21-22-23-24-25-26-27-28-30-32-34-36-40(44)39(38-43)42-41(45)37-35-33-31-29-14-12-10-8-6-4-2/h27-28,34,36,39-40,43-44H,3-26,29-33,35,37-38H2,1-2H3,(H,42,45)/b28-27+,36-34+. The average molecular weight is 634 g/mol. The molecule has 3 N–H and O–H groups in total. The lowest BCUT2D eigenvalue weighted by Gasteiger charge is -2.19. The Morgan fingerprint density at radius 1 is 0.511 bits per heavy atom. The number of aliphatic hydroxyl groups excluding tert-OH is 2. The molecule has 0 bridgehead atoms. The highest BCUT2D eigenvalue weighted by Crippen LogP contribution is 2.15. The summed E-state index contributed by atoms with van der Waals surface area (Å²) in [5, 5.41) is 22.9. The van der Waals surface area contributed by atoms with Gasteiger partial charge in [0.25, 0.3) is 0 Å². The summed E-state index contributed by atoms with van der Waals surface area (Å²) in [7, 11) is 0. The van der Waals surface area contributed by atoms with E-state index in [0.717, 1.165) is 32.1 Å². The normalized spacial score (nSPS) is 13.2. The number of carbonyl (C=O) groups is 1. The maximum absolute atomic E-state index is 12.3. The summed E-state index contributed by atoms with van der Waals surface area (Å²) < 4.78 is 0. The summed E-state index contributed by atoms with van der Waals surface area (Å²) in [6.45, 7) is 4.28. The van der Waals surface area contributed by atoms with Crippen molar-refractivity contribution in [2.24, 2.45) is 0 Å². The fourth-order valence-corrected chi connectivity index (χ4v) is 6.08. The van der Waals surface area contributed by atoms with Crippen LogP contribution in [0, 0.1) is 0 Å². The van der Waals surface area contributed by atoms with Crippen molar-refractivity contribution in [3.63, 3.8) is 0 Å². The maximum Gasteiger partial charge on any atom is 0.220 e. The van der Waals surface area contributed by atoms with Crippen LogP contribution in [0.15, 0.2) is 24.3 Å². The van der Waals surface area contributed by atoms with E-state index in [1.165, 1.54) is 161 Å². The number of allylic oxidation sites excluding steroid dienone is 3. The highest BCUT2D eigenvalue weighted by Gasteiger charge is 2.17. The number of nitrogens with one attached hydrogen (secondary N) is 1. The largest absolute Gasteiger partial charge is 0.394 e. The van der Waals surface area contributed by atoms with E-state index in [1.54, 1.807) is 6.08 Å². The number of amides is 1. The molecule has 0 aromatic carbocycles. The van der Waals surface area contributed by atoms with E-state index in [1.807, 2.05) is 6.08 Å². The summed E-state index contributed by atoms with van der Waals surface area (Å²) in [5.41, 5.74) is 0. The highest BCUT2D eigenvalue weighted by molar-refractivity contribution is 5.76. The van der Waals surface area contributed by atoms with Gasteiger partial charge in [-0.2, -0.15) is 0 Å². The summed E-state index contributed by atoms with van der Waals surface area (Å²) in [6, 6.07) is -0.632. The molecule has 0 aliphatic carbocycles. The van der Waals surface area contributed by atoms with Gasteiger partial charge in [0.05, 0.1) is 18.8 Å². The summed E-state index contributed by atoms with van der Waals surface area (Å²) >= 11 is 0. The first-order valence-corrected chi connectivity index (χ1v) is 20.1. The van der Waals surface area contributed by atoms with E-state index in [9.17, 15) is 15.0 Å². The van der Waals surface area contributed by atoms with Crippen LogP contribution < -0.4 is 5.32 Å². The number of aliphatic hydroxyl groups is 2. The molecule has 0 fully saturated rings. The summed E-state index contributed by atoms with van der Waals surface area (Å²) in [5.74, 6) is -0.0756. The van der Waals surface area contributed by atoms with Crippen LogP contribution >= 0.6 is 0 Å². The fraction of sp³-hybridized carbons (Fsp3) is 0.878. The first-order valence-electron chi connectivity index (χ1n) is 20.1. The smallest absolute Gasteiger partial charge is 0.220 e. The van der Waals surface area contributed by atoms with Crippen molar-refractivity contribution in [3.8, 4) is 0 Å². The Morgan fingerprint density at radius 2 is 0.867 bits per heavy atom. The molecule has 0 saturated heterocycles. The fourth-order valence-electron chi connectivity index (χ4n) is 6.08. The monoisotopic (exact) mass is 634 g/mol. The van der Waals surface area contributed by atoms with Crippen molar-refractivity contribution in [3.05, 3.63) is 24.3 Å². The van der Waals surface area contributed by atoms with E-state index < -0.39 is 12.1 Å². The molecule has 0 spiro atoms. The van der Waals surface area contributed by atoms with Crippen LogP contribution in [0.25, 0.3) is 0 Å². The molecule has 0 aliphatic rings. The Balaban J connectivity index is 3.57. The van der Waals surface area contributed by atoms with Crippen molar-refractivity contribution in [2.45, 2.75) is 225 Å². The van der Waals surface area contributed by atoms with Crippen LogP contribution in [-0.4, -0.2) is 34.9 Å². The van der Waals surface area contributed by atoms with Crippen molar-refractivity contribution >= 4 is 5.91 Å². The molecule has 0 aromatic rings. The molecule has 0 aliphatic heterocycles. The van der Waals surface area contributed by atoms with Gasteiger partial charge in [0, 0.05) is 6.42 Å². The molecule has 4 nitrogen and oxygen atoms in total. The summed E-state index contributed by atoms with van der Waals surface area (Å²) in [4.78, 5) is 12.3. The summed E-state index contributed by atoms with van der Waals surface area (Å²) in [6.07, 6.45) is 47.1. The molecule has 0 radical (unpaired) electrons. The predicted octanol–water partition coefficient (Wildman–Crippen LogP) is 12.1. The third-order valence-electron chi connectivity index (χ3n) is 9.19. The minimum absolute atomic E-state index is 0.0756. The molecule has 0 rings (SSSR count). The lowest BCUT2D eigenvalue weighted by molar-refractivity contribution is -0.123. The Bertz CT molecular complexity index is 647. The number of hydrogen-bond donors (Lipinski definition) is 3. The first-order chi connectivity index (χ1) is 22.2. The van der Waals surface area contributed by atoms with Crippen molar-refractivity contribution < 1.29 is 15.0 Å². The second-order valence-electron chi connectivity index (χ2n) is 13.7. The lowest BCUT2D eigenvalue weighted by atomic mass is 10.0. The number of rotatable bonds is 36. The molecule has 0 saturated carbocycles. The van der Waals surface area contributed by atoms with Crippen LogP contribution in [0.4, 0.5) is 0 Å². The van der Waals surface area contributed by atoms with Gasteiger partial charge in [0.15, 0.2) is 0 Å². The van der Waals surface area contributed by atoms with Crippen LogP contribution in [0.1, 0.15) is 213 Å². The second kappa shape index (κ2) is 37.3. The van der Waals surface area contributed by atoms with E-state index in [-0.39, 0.29) is 12.5 Å². The van der Waals surface area contributed by atoms with E-state index in [2.05, 4.69) is 31.3 Å². The minimum Gasteiger partial charge on any atom is -0.394 e. The second-order valence-corrected chi connectivity index (χ2v) is 13.7. The zero-order chi connectivity index (χ0) is 32.9. The van der Waals surface area contributed by atoms with Crippen LogP contribution in [0.3, 0.4) is 0 Å². The third kappa shape index (κ3) is 34.0. The Labute approximate surface area is 281 Å². The molecular weight excluding hydrogens is 554 g/mol. The SMILES string of the molecule is CCCCCCCCCCCCCCCCCCC/C=C/CC/C=C/C(O)C(CO)NC(=O)CCCCCCCCCCCC. The molecule has 1 amide bonds. The van der Waals surface area contributed by atoms with Gasteiger partial charge in [-0.15, -0.1) is 0 Å². The maximum atomic E-state index is 12.3. The molecule has 2 atom stereocenters. The van der Waals surface area contributed by atoms with Gasteiger partial charge in [0.2, 0.25) is 5.91 Å². The lowest BCUT2D eigenvalue weighted by Crippen LogP contribution is -2.45. The molecule has 4 heteroatoms. The van der Waals surface area contributed by atoms with Gasteiger partial charge in [-0.1, -0.05) is 199 Å². The van der Waals surface area contributed by atoms with Crippen molar-refractivity contribution in [1.82, 2.24) is 5.32 Å². The van der Waals surface area contributed by atoms with Crippen LogP contribution in [0.2, 0.25) is 0 Å². The topological polar surface area (TPSA) is 69.6 Å². The van der Waals surface area contributed by atoms with Gasteiger partial charge in [-0.05, 0) is 32.1 Å². The molecule has 2 unspecified atom stereocenters. The Morgan fingerprint density at radius 3 is 1.29 bits per heavy atom. The van der Waals surface area contributed by atoms with Crippen molar-refractivity contribution in [1.29, 1.82) is 0 Å². The van der Waals surface area contributed by atoms with Crippen molar-refractivity contribution in [2.75, 3.05) is 6.61 Å². The molecule has 266 valence electrons. The van der Waals surface area contributed by atoms with E-state index >= 15 is 0 Å². The Hall–Kier alpha value is -1.13. The van der Waals surface area contributed by atoms with Gasteiger partial charge in [0.1, 0.15) is 0 Å². The zero-order valence-electron chi connectivity index (χ0n) is 30.4. The first kappa shape index (κ1) is 43.9. The van der Waals surface area contributed by atoms with Gasteiger partial charge in [-0.25, -0.2) is 0 Å². The molecular formula is C41H79NO3. The number of unbranched alkanes of at least 4 members (excludes halogenated alkanes) is 27. The third-order valence-corrected chi connectivity index (χ3v) is 9.19. The molecule has 0 heterocycles. The minimum atomic E-state index is -0.856. The average Bonchev–Trinajstić information content (AvgIpc) is 3.04. The van der Waals surface area contributed by atoms with E-state index in [4.69, 9.17) is 0 Å². The van der Waals surface area contributed by atoms with Gasteiger partial charge in [-0.3, -0.25) is 4.79 Å². The Kier molecular flexibility index (Phi) is 36.4. The van der Waals surface area contributed by atoms with Crippen LogP contribution in [-0.2, 0) is 4.79 Å². The molecule has 45 heavy (non-hydrogen) atoms.